The molecule has 2 aromatic rings. The minimum atomic E-state index is -0.707. The molecule has 11 nitrogen and oxygen atoms in total. The number of piperidine rings is 2. The van der Waals surface area contributed by atoms with Crippen LogP contribution in [0.5, 0.6) is 0 Å². The van der Waals surface area contributed by atoms with E-state index in [-0.39, 0.29) is 39.9 Å². The molecule has 2 saturated heterocycles. The molecular formula is C49H57N3O8. The zero-order valence-corrected chi connectivity index (χ0v) is 36.6. The maximum absolute atomic E-state index is 13.2. The van der Waals surface area contributed by atoms with Crippen LogP contribution in [0.25, 0.3) is 0 Å². The van der Waals surface area contributed by atoms with Crippen LogP contribution < -0.4 is 0 Å². The number of carbonyl (C=O) groups is 7. The Kier molecular flexibility index (Phi) is 14.2. The molecule has 6 rings (SSSR count). The van der Waals surface area contributed by atoms with Gasteiger partial charge in [-0.2, -0.15) is 0 Å². The lowest BCUT2D eigenvalue weighted by Gasteiger charge is -2.44. The maximum Gasteiger partial charge on any atom is 0.289 e. The Morgan fingerprint density at radius 2 is 0.917 bits per heavy atom. The van der Waals surface area contributed by atoms with Gasteiger partial charge in [0, 0.05) is 69.9 Å². The molecule has 4 fully saturated rings. The van der Waals surface area contributed by atoms with Gasteiger partial charge >= 0.3 is 0 Å². The fourth-order valence-corrected chi connectivity index (χ4v) is 10.0. The van der Waals surface area contributed by atoms with Gasteiger partial charge in [0.2, 0.25) is 5.78 Å². The SMILES string of the molecule is CC#Cc1cc(C)c(C2C(=O)CC3(CCN(C(=O)C(C)=NOC)CC3)CC2=O)c(C)c1.CC#Cc1cc(C)c(C2C(=O)CC3(CCN(C(=O)C(C)=O)CC3)CC2=O)c(C)c1. The van der Waals surface area contributed by atoms with Crippen LogP contribution in [0, 0.1) is 62.2 Å². The second-order valence-corrected chi connectivity index (χ2v) is 17.2. The molecule has 2 aromatic carbocycles. The highest BCUT2D eigenvalue weighted by Crippen LogP contribution is 2.48. The van der Waals surface area contributed by atoms with Gasteiger partial charge in [0.25, 0.3) is 11.8 Å². The van der Waals surface area contributed by atoms with E-state index in [0.717, 1.165) is 44.5 Å². The topological polar surface area (TPSA) is 148 Å². The van der Waals surface area contributed by atoms with Crippen molar-refractivity contribution < 1.29 is 38.4 Å². The number of aryl methyl sites for hydroxylation is 4. The van der Waals surface area contributed by atoms with Gasteiger partial charge in [-0.15, -0.1) is 11.8 Å². The maximum atomic E-state index is 13.2. The minimum absolute atomic E-state index is 0.00585. The van der Waals surface area contributed by atoms with Crippen molar-refractivity contribution in [2.45, 2.75) is 119 Å². The van der Waals surface area contributed by atoms with Gasteiger partial charge in [0.1, 0.15) is 47.8 Å². The molecule has 0 unspecified atom stereocenters. The third-order valence-electron chi connectivity index (χ3n) is 12.8. The summed E-state index contributed by atoms with van der Waals surface area (Å²) in [6.07, 6.45) is 3.91. The molecule has 0 radical (unpaired) electrons. The van der Waals surface area contributed by atoms with Crippen molar-refractivity contribution >= 4 is 46.4 Å². The molecule has 2 spiro atoms. The second-order valence-electron chi connectivity index (χ2n) is 17.2. The number of Topliss-reactive ketones (excluding diaryl/α,β-unsaturated/α-hetero) is 5. The van der Waals surface area contributed by atoms with Gasteiger partial charge in [0.05, 0.1) is 0 Å². The van der Waals surface area contributed by atoms with Gasteiger partial charge < -0.3 is 14.6 Å². The molecule has 60 heavy (non-hydrogen) atoms. The number of rotatable bonds is 5. The summed E-state index contributed by atoms with van der Waals surface area (Å²) in [6.45, 7) is 16.1. The van der Waals surface area contributed by atoms with Gasteiger partial charge in [-0.05, 0) is 143 Å². The summed E-state index contributed by atoms with van der Waals surface area (Å²) in [7, 11) is 1.41. The molecule has 316 valence electrons. The Morgan fingerprint density at radius 1 is 0.600 bits per heavy atom. The quantitative estimate of drug-likeness (QED) is 0.114. The van der Waals surface area contributed by atoms with Gasteiger partial charge in [-0.25, -0.2) is 0 Å². The van der Waals surface area contributed by atoms with E-state index in [4.69, 9.17) is 4.84 Å². The van der Waals surface area contributed by atoms with Crippen molar-refractivity contribution in [2.75, 3.05) is 33.3 Å². The summed E-state index contributed by atoms with van der Waals surface area (Å²) in [5.41, 5.74) is 6.75. The summed E-state index contributed by atoms with van der Waals surface area (Å²) in [5, 5.41) is 3.71. The van der Waals surface area contributed by atoms with Crippen LogP contribution in [0.15, 0.2) is 29.4 Å². The van der Waals surface area contributed by atoms with Crippen molar-refractivity contribution in [3.63, 3.8) is 0 Å². The number of likely N-dealkylation sites (tertiary alicyclic amines) is 2. The minimum Gasteiger partial charge on any atom is -0.399 e. The van der Waals surface area contributed by atoms with E-state index in [9.17, 15) is 33.6 Å². The normalized spacial score (nSPS) is 20.1. The molecule has 0 N–H and O–H groups in total. The molecule has 0 bridgehead atoms. The van der Waals surface area contributed by atoms with Gasteiger partial charge in [-0.3, -0.25) is 33.6 Å². The van der Waals surface area contributed by atoms with Gasteiger partial charge in [0.15, 0.2) is 0 Å². The van der Waals surface area contributed by atoms with E-state index in [1.54, 1.807) is 25.7 Å². The first-order valence-corrected chi connectivity index (χ1v) is 20.7. The zero-order valence-electron chi connectivity index (χ0n) is 36.6. The van der Waals surface area contributed by atoms with E-state index in [0.29, 0.717) is 83.3 Å². The van der Waals surface area contributed by atoms with Crippen LogP contribution in [0.2, 0.25) is 0 Å². The van der Waals surface area contributed by atoms with Crippen LogP contribution in [0.1, 0.15) is 135 Å². The van der Waals surface area contributed by atoms with Crippen molar-refractivity contribution in [1.29, 1.82) is 0 Å². The Balaban J connectivity index is 0.000000228. The number of amides is 2. The predicted molar refractivity (Wildman–Crippen MR) is 228 cm³/mol. The lowest BCUT2D eigenvalue weighted by molar-refractivity contribution is -0.147. The van der Waals surface area contributed by atoms with Crippen LogP contribution in [0.4, 0.5) is 0 Å². The molecule has 2 amide bonds. The first-order chi connectivity index (χ1) is 28.4. The second kappa shape index (κ2) is 18.7. The van der Waals surface area contributed by atoms with Crippen molar-refractivity contribution in [2.24, 2.45) is 16.0 Å². The average Bonchev–Trinajstić information content (AvgIpc) is 3.17. The standard InChI is InChI=1S/C25H30N2O4.C24H27NO4/c1-6-7-19-12-16(2)22(17(3)13-19)23-20(28)14-25(15-21(23)29)8-10-27(11-9-25)24(30)18(4)26-31-5;1-5-6-18-11-15(2)21(16(3)12-18)22-19(27)13-24(14-20(22)28)7-9-25(10-8-24)23(29)17(4)26/h12-13,23H,8-11,14-15H2,1-5H3;11-12,22H,7-10,13-14H2,1-4H3. The first-order valence-electron chi connectivity index (χ1n) is 20.7. The average molecular weight is 816 g/mol. The Hall–Kier alpha value is -5.68. The fraction of sp³-hybridized carbons (Fsp3) is 0.510. The lowest BCUT2D eigenvalue weighted by atomic mass is 9.62. The number of hydrogen-bond donors (Lipinski definition) is 0. The summed E-state index contributed by atoms with van der Waals surface area (Å²) in [5.74, 6) is 9.26. The van der Waals surface area contributed by atoms with E-state index in [1.807, 2.05) is 52.0 Å². The van der Waals surface area contributed by atoms with Crippen molar-refractivity contribution in [1.82, 2.24) is 9.80 Å². The molecule has 2 aliphatic heterocycles. The number of benzene rings is 2. The van der Waals surface area contributed by atoms with Crippen molar-refractivity contribution in [3.05, 3.63) is 68.8 Å². The number of nitrogens with zero attached hydrogens (tertiary/aromatic N) is 3. The summed E-state index contributed by atoms with van der Waals surface area (Å²) in [4.78, 5) is 96.4. The predicted octanol–water partition coefficient (Wildman–Crippen LogP) is 6.21. The highest BCUT2D eigenvalue weighted by molar-refractivity contribution is 6.37. The fourth-order valence-electron chi connectivity index (χ4n) is 10.0. The number of hydrogen-bond acceptors (Lipinski definition) is 9. The Labute approximate surface area is 354 Å². The molecule has 2 aliphatic carbocycles. The number of carbonyl (C=O) groups excluding carboxylic acids is 7. The monoisotopic (exact) mass is 815 g/mol. The first kappa shape index (κ1) is 45.4. The number of ketones is 5. The van der Waals surface area contributed by atoms with Crippen LogP contribution in [-0.2, 0) is 38.4 Å². The van der Waals surface area contributed by atoms with Crippen LogP contribution in [0.3, 0.4) is 0 Å². The highest BCUT2D eigenvalue weighted by Gasteiger charge is 2.49. The molecule has 4 aliphatic rings. The molecule has 0 atom stereocenters. The zero-order chi connectivity index (χ0) is 44.1. The molecule has 11 heteroatoms. The Bertz CT molecular complexity index is 2190. The van der Waals surface area contributed by atoms with E-state index in [1.165, 1.54) is 18.9 Å². The molecule has 2 saturated carbocycles. The van der Waals surface area contributed by atoms with E-state index < -0.39 is 23.5 Å². The largest absolute Gasteiger partial charge is 0.399 e. The molecular weight excluding hydrogens is 759 g/mol. The van der Waals surface area contributed by atoms with Crippen LogP contribution >= 0.6 is 0 Å². The Morgan fingerprint density at radius 3 is 1.20 bits per heavy atom. The van der Waals surface area contributed by atoms with Crippen molar-refractivity contribution in [3.8, 4) is 23.7 Å². The van der Waals surface area contributed by atoms with E-state index >= 15 is 0 Å². The van der Waals surface area contributed by atoms with E-state index in [2.05, 4.69) is 28.8 Å². The smallest absolute Gasteiger partial charge is 0.289 e. The number of oxime groups is 1. The summed E-state index contributed by atoms with van der Waals surface area (Å²) >= 11 is 0. The summed E-state index contributed by atoms with van der Waals surface area (Å²) < 4.78 is 0. The van der Waals surface area contributed by atoms with Crippen LogP contribution in [-0.4, -0.2) is 89.5 Å². The molecule has 2 heterocycles. The highest BCUT2D eigenvalue weighted by atomic mass is 16.6. The molecule has 0 aromatic heterocycles. The third-order valence-corrected chi connectivity index (χ3v) is 12.8. The third kappa shape index (κ3) is 9.68. The summed E-state index contributed by atoms with van der Waals surface area (Å²) in [6, 6.07) is 7.79. The lowest BCUT2D eigenvalue weighted by Crippen LogP contribution is -2.49. The van der Waals surface area contributed by atoms with Gasteiger partial charge in [-0.1, -0.05) is 17.0 Å².